The SMILES string of the molecule is CC(NC(=O)N1CCCC(c2cc3ccccc3[nH]2)C1)c1ccc(OCC(N)=O)cc1. The maximum Gasteiger partial charge on any atom is 0.317 e. The number of aromatic amines is 1. The number of likely N-dealkylation sites (tertiary alicyclic amines) is 1. The first kappa shape index (κ1) is 20.8. The van der Waals surface area contributed by atoms with Crippen molar-refractivity contribution in [2.75, 3.05) is 19.7 Å². The van der Waals surface area contributed by atoms with Crippen LogP contribution in [0.25, 0.3) is 10.9 Å². The zero-order valence-corrected chi connectivity index (χ0v) is 17.6. The predicted octanol–water partition coefficient (Wildman–Crippen LogP) is 3.68. The Hall–Kier alpha value is -3.48. The number of hydrogen-bond donors (Lipinski definition) is 3. The Morgan fingerprint density at radius 3 is 2.74 bits per heavy atom. The quantitative estimate of drug-likeness (QED) is 0.567. The molecule has 7 nitrogen and oxygen atoms in total. The predicted molar refractivity (Wildman–Crippen MR) is 120 cm³/mol. The number of H-pyrrole nitrogens is 1. The normalized spacial score (nSPS) is 17.3. The monoisotopic (exact) mass is 420 g/mol. The van der Waals surface area contributed by atoms with E-state index in [9.17, 15) is 9.59 Å². The number of nitrogens with two attached hydrogens (primary N) is 1. The first-order valence-corrected chi connectivity index (χ1v) is 10.6. The Balaban J connectivity index is 1.35. The molecule has 2 atom stereocenters. The second-order valence-corrected chi connectivity index (χ2v) is 8.09. The van der Waals surface area contributed by atoms with E-state index in [0.717, 1.165) is 30.5 Å². The zero-order chi connectivity index (χ0) is 21.8. The van der Waals surface area contributed by atoms with Gasteiger partial charge in [0, 0.05) is 30.2 Å². The molecule has 162 valence electrons. The molecule has 1 aliphatic heterocycles. The first-order chi connectivity index (χ1) is 15.0. The number of piperidine rings is 1. The van der Waals surface area contributed by atoms with E-state index in [4.69, 9.17) is 10.5 Å². The van der Waals surface area contributed by atoms with Gasteiger partial charge in [-0.2, -0.15) is 0 Å². The van der Waals surface area contributed by atoms with Gasteiger partial charge in [0.15, 0.2) is 6.61 Å². The number of hydrogen-bond acceptors (Lipinski definition) is 3. The van der Waals surface area contributed by atoms with E-state index in [1.165, 1.54) is 11.1 Å². The number of fused-ring (bicyclic) bond motifs is 1. The number of primary amides is 1. The van der Waals surface area contributed by atoms with E-state index in [1.807, 2.05) is 36.1 Å². The molecule has 2 heterocycles. The molecule has 31 heavy (non-hydrogen) atoms. The smallest absolute Gasteiger partial charge is 0.317 e. The van der Waals surface area contributed by atoms with Crippen LogP contribution in [0.1, 0.15) is 43.0 Å². The molecule has 2 aromatic carbocycles. The van der Waals surface area contributed by atoms with Gasteiger partial charge in [0.1, 0.15) is 5.75 Å². The van der Waals surface area contributed by atoms with Crippen LogP contribution in [0.3, 0.4) is 0 Å². The Morgan fingerprint density at radius 2 is 2.00 bits per heavy atom. The summed E-state index contributed by atoms with van der Waals surface area (Å²) in [5.74, 6) is 0.360. The van der Waals surface area contributed by atoms with Crippen LogP contribution < -0.4 is 15.8 Å². The lowest BCUT2D eigenvalue weighted by atomic mass is 9.95. The lowest BCUT2D eigenvalue weighted by Crippen LogP contribution is -2.45. The molecular formula is C24H28N4O3. The van der Waals surface area contributed by atoms with E-state index in [2.05, 4.69) is 28.5 Å². The number of nitrogens with zero attached hydrogens (tertiary/aromatic N) is 1. The number of amides is 3. The number of ether oxygens (including phenoxy) is 1. The van der Waals surface area contributed by atoms with Crippen molar-refractivity contribution in [1.29, 1.82) is 0 Å². The van der Waals surface area contributed by atoms with Gasteiger partial charge in [-0.3, -0.25) is 4.79 Å². The van der Waals surface area contributed by atoms with Crippen molar-refractivity contribution in [1.82, 2.24) is 15.2 Å². The molecule has 1 saturated heterocycles. The van der Waals surface area contributed by atoms with Gasteiger partial charge in [0.25, 0.3) is 5.91 Å². The van der Waals surface area contributed by atoms with Crippen LogP contribution in [0.5, 0.6) is 5.75 Å². The maximum absolute atomic E-state index is 12.9. The van der Waals surface area contributed by atoms with E-state index in [1.54, 1.807) is 12.1 Å². The number of benzene rings is 2. The van der Waals surface area contributed by atoms with E-state index < -0.39 is 5.91 Å². The summed E-state index contributed by atoms with van der Waals surface area (Å²) < 4.78 is 5.28. The van der Waals surface area contributed by atoms with Crippen LogP contribution in [0, 0.1) is 0 Å². The van der Waals surface area contributed by atoms with Crippen molar-refractivity contribution < 1.29 is 14.3 Å². The third kappa shape index (κ3) is 4.99. The molecule has 3 amide bonds. The highest BCUT2D eigenvalue weighted by atomic mass is 16.5. The van der Waals surface area contributed by atoms with Gasteiger partial charge in [-0.15, -0.1) is 0 Å². The van der Waals surface area contributed by atoms with Crippen molar-refractivity contribution in [3.8, 4) is 5.75 Å². The summed E-state index contributed by atoms with van der Waals surface area (Å²) in [6.45, 7) is 3.26. The second kappa shape index (κ2) is 9.12. The van der Waals surface area contributed by atoms with Crippen molar-refractivity contribution in [3.05, 3.63) is 65.9 Å². The average Bonchev–Trinajstić information content (AvgIpc) is 3.22. The van der Waals surface area contributed by atoms with Gasteiger partial charge in [-0.05, 0) is 55.0 Å². The number of rotatable bonds is 6. The number of carbonyl (C=O) groups excluding carboxylic acids is 2. The van der Waals surface area contributed by atoms with Crippen LogP contribution in [0.15, 0.2) is 54.6 Å². The molecule has 0 bridgehead atoms. The van der Waals surface area contributed by atoms with Gasteiger partial charge in [0.05, 0.1) is 6.04 Å². The number of urea groups is 1. The van der Waals surface area contributed by atoms with Crippen molar-refractivity contribution in [3.63, 3.8) is 0 Å². The fourth-order valence-electron chi connectivity index (χ4n) is 4.10. The first-order valence-electron chi connectivity index (χ1n) is 10.6. The highest BCUT2D eigenvalue weighted by molar-refractivity contribution is 5.80. The summed E-state index contributed by atoms with van der Waals surface area (Å²) in [5.41, 5.74) is 8.38. The van der Waals surface area contributed by atoms with Gasteiger partial charge in [-0.1, -0.05) is 30.3 Å². The average molecular weight is 421 g/mol. The lowest BCUT2D eigenvalue weighted by Gasteiger charge is -2.33. The molecule has 7 heteroatoms. The van der Waals surface area contributed by atoms with Gasteiger partial charge < -0.3 is 25.7 Å². The molecule has 1 fully saturated rings. The summed E-state index contributed by atoms with van der Waals surface area (Å²) in [7, 11) is 0. The van der Waals surface area contributed by atoms with Crippen LogP contribution in [-0.2, 0) is 4.79 Å². The molecule has 1 aliphatic rings. The van der Waals surface area contributed by atoms with Crippen molar-refractivity contribution in [2.45, 2.75) is 31.7 Å². The van der Waals surface area contributed by atoms with Crippen LogP contribution in [-0.4, -0.2) is 41.5 Å². The Kier molecular flexibility index (Phi) is 6.11. The highest BCUT2D eigenvalue weighted by Gasteiger charge is 2.26. The van der Waals surface area contributed by atoms with E-state index in [-0.39, 0.29) is 18.7 Å². The molecule has 0 radical (unpaired) electrons. The van der Waals surface area contributed by atoms with Crippen molar-refractivity contribution >= 4 is 22.8 Å². The zero-order valence-electron chi connectivity index (χ0n) is 17.6. The molecule has 1 aromatic heterocycles. The molecule has 2 unspecified atom stereocenters. The topological polar surface area (TPSA) is 100 Å². The largest absolute Gasteiger partial charge is 0.484 e. The Labute approximate surface area is 181 Å². The number of nitrogens with one attached hydrogen (secondary N) is 2. The minimum atomic E-state index is -0.517. The number of aromatic nitrogens is 1. The van der Waals surface area contributed by atoms with Crippen LogP contribution in [0.2, 0.25) is 0 Å². The Bertz CT molecular complexity index is 1030. The van der Waals surface area contributed by atoms with Crippen LogP contribution >= 0.6 is 0 Å². The third-order valence-corrected chi connectivity index (χ3v) is 5.80. The highest BCUT2D eigenvalue weighted by Crippen LogP contribution is 2.29. The molecule has 0 saturated carbocycles. The summed E-state index contributed by atoms with van der Waals surface area (Å²) in [5, 5.41) is 4.30. The fourth-order valence-corrected chi connectivity index (χ4v) is 4.10. The molecule has 0 spiro atoms. The minimum absolute atomic E-state index is 0.0534. The molecule has 4 N–H and O–H groups in total. The summed E-state index contributed by atoms with van der Waals surface area (Å²) in [6.07, 6.45) is 2.05. The fraction of sp³-hybridized carbons (Fsp3) is 0.333. The maximum atomic E-state index is 12.9. The van der Waals surface area contributed by atoms with Gasteiger partial charge in [-0.25, -0.2) is 4.79 Å². The van der Waals surface area contributed by atoms with E-state index >= 15 is 0 Å². The number of carbonyl (C=O) groups is 2. The van der Waals surface area contributed by atoms with Gasteiger partial charge in [0.2, 0.25) is 0 Å². The lowest BCUT2D eigenvalue weighted by molar-refractivity contribution is -0.119. The Morgan fingerprint density at radius 1 is 1.23 bits per heavy atom. The summed E-state index contributed by atoms with van der Waals surface area (Å²) in [4.78, 5) is 29.1. The standard InChI is InChI=1S/C24H28N4O3/c1-16(17-8-10-20(11-9-17)31-15-23(25)29)26-24(30)28-12-4-6-19(14-28)22-13-18-5-2-3-7-21(18)27-22/h2-3,5,7-11,13,16,19,27H,4,6,12,14-15H2,1H3,(H2,25,29)(H,26,30). The van der Waals surface area contributed by atoms with Gasteiger partial charge >= 0.3 is 6.03 Å². The second-order valence-electron chi connectivity index (χ2n) is 8.09. The molecule has 0 aliphatic carbocycles. The summed E-state index contributed by atoms with van der Waals surface area (Å²) >= 11 is 0. The summed E-state index contributed by atoms with van der Waals surface area (Å²) in [6, 6.07) is 17.6. The molecule has 3 aromatic rings. The number of para-hydroxylation sites is 1. The van der Waals surface area contributed by atoms with Crippen LogP contribution in [0.4, 0.5) is 4.79 Å². The molecular weight excluding hydrogens is 392 g/mol. The third-order valence-electron chi connectivity index (χ3n) is 5.80. The van der Waals surface area contributed by atoms with E-state index in [0.29, 0.717) is 18.2 Å². The minimum Gasteiger partial charge on any atom is -0.484 e. The molecule has 4 rings (SSSR count). The van der Waals surface area contributed by atoms with Crippen molar-refractivity contribution in [2.24, 2.45) is 5.73 Å².